The number of aryl methyl sites for hydroxylation is 2. The SMILES string of the molecule is CCCc1nc(C)c(O)c(N)n1. The van der Waals surface area contributed by atoms with Gasteiger partial charge in [-0.2, -0.15) is 0 Å². The Morgan fingerprint density at radius 2 is 2.08 bits per heavy atom. The molecule has 1 aromatic heterocycles. The predicted octanol–water partition coefficient (Wildman–Crippen LogP) is 1.03. The molecule has 0 spiro atoms. The van der Waals surface area contributed by atoms with Gasteiger partial charge < -0.3 is 10.8 Å². The number of hydrogen-bond donors (Lipinski definition) is 2. The fourth-order valence-corrected chi connectivity index (χ4v) is 0.984. The first-order valence-corrected chi connectivity index (χ1v) is 3.97. The molecule has 12 heavy (non-hydrogen) atoms. The molecule has 0 bridgehead atoms. The summed E-state index contributed by atoms with van der Waals surface area (Å²) in [6.45, 7) is 3.76. The van der Waals surface area contributed by atoms with Crippen LogP contribution in [0.5, 0.6) is 5.75 Å². The zero-order chi connectivity index (χ0) is 9.14. The van der Waals surface area contributed by atoms with E-state index in [0.29, 0.717) is 11.5 Å². The summed E-state index contributed by atoms with van der Waals surface area (Å²) in [5, 5.41) is 9.25. The highest BCUT2D eigenvalue weighted by molar-refractivity contribution is 5.46. The van der Waals surface area contributed by atoms with Crippen LogP contribution in [0.4, 0.5) is 5.82 Å². The molecule has 4 nitrogen and oxygen atoms in total. The highest BCUT2D eigenvalue weighted by atomic mass is 16.3. The lowest BCUT2D eigenvalue weighted by Gasteiger charge is -2.03. The van der Waals surface area contributed by atoms with E-state index in [0.717, 1.165) is 12.8 Å². The number of hydrogen-bond acceptors (Lipinski definition) is 4. The van der Waals surface area contributed by atoms with Crippen LogP contribution in [0.1, 0.15) is 24.9 Å². The van der Waals surface area contributed by atoms with Crippen molar-refractivity contribution >= 4 is 5.82 Å². The first-order chi connectivity index (χ1) is 5.65. The van der Waals surface area contributed by atoms with Crippen molar-refractivity contribution in [1.29, 1.82) is 0 Å². The molecule has 0 radical (unpaired) electrons. The van der Waals surface area contributed by atoms with Gasteiger partial charge in [-0.15, -0.1) is 0 Å². The van der Waals surface area contributed by atoms with Crippen LogP contribution in [0.3, 0.4) is 0 Å². The molecule has 1 heterocycles. The van der Waals surface area contributed by atoms with Crippen molar-refractivity contribution in [1.82, 2.24) is 9.97 Å². The summed E-state index contributed by atoms with van der Waals surface area (Å²) in [6.07, 6.45) is 1.77. The predicted molar refractivity (Wildman–Crippen MR) is 46.8 cm³/mol. The minimum absolute atomic E-state index is 0.00477. The van der Waals surface area contributed by atoms with Gasteiger partial charge in [0.15, 0.2) is 11.6 Å². The Kier molecular flexibility index (Phi) is 2.47. The zero-order valence-corrected chi connectivity index (χ0v) is 7.33. The van der Waals surface area contributed by atoms with Crippen molar-refractivity contribution in [2.24, 2.45) is 0 Å². The molecule has 0 atom stereocenters. The quantitative estimate of drug-likeness (QED) is 0.690. The van der Waals surface area contributed by atoms with Gasteiger partial charge in [0, 0.05) is 6.42 Å². The molecular formula is C8H13N3O. The molecule has 0 fully saturated rings. The molecular weight excluding hydrogens is 154 g/mol. The molecule has 0 unspecified atom stereocenters. The van der Waals surface area contributed by atoms with E-state index in [1.807, 2.05) is 6.92 Å². The number of nitrogens with zero attached hydrogens (tertiary/aromatic N) is 2. The largest absolute Gasteiger partial charge is 0.503 e. The lowest BCUT2D eigenvalue weighted by Crippen LogP contribution is -2.01. The van der Waals surface area contributed by atoms with Crippen LogP contribution in [0.2, 0.25) is 0 Å². The van der Waals surface area contributed by atoms with Crippen LogP contribution in [0, 0.1) is 6.92 Å². The number of aromatic hydroxyl groups is 1. The number of anilines is 1. The van der Waals surface area contributed by atoms with Gasteiger partial charge >= 0.3 is 0 Å². The Balaban J connectivity index is 3.04. The van der Waals surface area contributed by atoms with Crippen molar-refractivity contribution in [2.45, 2.75) is 26.7 Å². The molecule has 3 N–H and O–H groups in total. The summed E-state index contributed by atoms with van der Waals surface area (Å²) in [5.74, 6) is 0.867. The molecule has 1 aromatic rings. The first kappa shape index (κ1) is 8.77. The summed E-state index contributed by atoms with van der Waals surface area (Å²) in [6, 6.07) is 0. The molecule has 0 aliphatic carbocycles. The minimum atomic E-state index is -0.00477. The lowest BCUT2D eigenvalue weighted by molar-refractivity contribution is 0.466. The van der Waals surface area contributed by atoms with Crippen LogP contribution in [-0.2, 0) is 6.42 Å². The Bertz CT molecular complexity index is 263. The maximum atomic E-state index is 9.25. The van der Waals surface area contributed by atoms with Crippen molar-refractivity contribution in [3.8, 4) is 5.75 Å². The maximum Gasteiger partial charge on any atom is 0.179 e. The van der Waals surface area contributed by atoms with Gasteiger partial charge in [-0.3, -0.25) is 0 Å². The van der Waals surface area contributed by atoms with E-state index < -0.39 is 0 Å². The average Bonchev–Trinajstić information content (AvgIpc) is 2.01. The smallest absolute Gasteiger partial charge is 0.179 e. The zero-order valence-electron chi connectivity index (χ0n) is 7.33. The second-order valence-electron chi connectivity index (χ2n) is 2.71. The Hall–Kier alpha value is -1.32. The third-order valence-corrected chi connectivity index (χ3v) is 1.61. The topological polar surface area (TPSA) is 72.0 Å². The summed E-state index contributed by atoms with van der Waals surface area (Å²) in [4.78, 5) is 8.02. The van der Waals surface area contributed by atoms with Gasteiger partial charge in [0.1, 0.15) is 5.82 Å². The summed E-state index contributed by atoms with van der Waals surface area (Å²) >= 11 is 0. The minimum Gasteiger partial charge on any atom is -0.503 e. The van der Waals surface area contributed by atoms with Crippen molar-refractivity contribution in [3.63, 3.8) is 0 Å². The summed E-state index contributed by atoms with van der Waals surface area (Å²) in [5.41, 5.74) is 6.00. The van der Waals surface area contributed by atoms with E-state index in [9.17, 15) is 5.11 Å². The van der Waals surface area contributed by atoms with Crippen LogP contribution in [0.15, 0.2) is 0 Å². The van der Waals surface area contributed by atoms with E-state index >= 15 is 0 Å². The highest BCUT2D eigenvalue weighted by Gasteiger charge is 2.05. The van der Waals surface area contributed by atoms with Gasteiger partial charge in [0.2, 0.25) is 0 Å². The van der Waals surface area contributed by atoms with Crippen LogP contribution in [-0.4, -0.2) is 15.1 Å². The van der Waals surface area contributed by atoms with E-state index in [4.69, 9.17) is 5.73 Å². The molecule has 0 aliphatic rings. The Morgan fingerprint density at radius 3 is 2.58 bits per heavy atom. The van der Waals surface area contributed by atoms with Gasteiger partial charge in [-0.25, -0.2) is 9.97 Å². The molecule has 0 aromatic carbocycles. The van der Waals surface area contributed by atoms with Crippen LogP contribution in [0.25, 0.3) is 0 Å². The van der Waals surface area contributed by atoms with Crippen molar-refractivity contribution < 1.29 is 5.11 Å². The summed E-state index contributed by atoms with van der Waals surface area (Å²) < 4.78 is 0. The van der Waals surface area contributed by atoms with Gasteiger partial charge in [0.25, 0.3) is 0 Å². The molecule has 0 saturated carbocycles. The van der Waals surface area contributed by atoms with Crippen LogP contribution >= 0.6 is 0 Å². The molecule has 0 saturated heterocycles. The van der Waals surface area contributed by atoms with Crippen molar-refractivity contribution in [2.75, 3.05) is 5.73 Å². The average molecular weight is 167 g/mol. The maximum absolute atomic E-state index is 9.25. The number of nitrogen functional groups attached to an aromatic ring is 1. The van der Waals surface area contributed by atoms with E-state index in [2.05, 4.69) is 9.97 Å². The van der Waals surface area contributed by atoms with E-state index in [1.165, 1.54) is 0 Å². The first-order valence-electron chi connectivity index (χ1n) is 3.97. The van der Waals surface area contributed by atoms with E-state index in [-0.39, 0.29) is 11.6 Å². The summed E-state index contributed by atoms with van der Waals surface area (Å²) in [7, 11) is 0. The number of nitrogens with two attached hydrogens (primary N) is 1. The van der Waals surface area contributed by atoms with Gasteiger partial charge in [-0.1, -0.05) is 6.92 Å². The number of aromatic nitrogens is 2. The second kappa shape index (κ2) is 3.38. The second-order valence-corrected chi connectivity index (χ2v) is 2.71. The van der Waals surface area contributed by atoms with Gasteiger partial charge in [0.05, 0.1) is 5.69 Å². The van der Waals surface area contributed by atoms with E-state index in [1.54, 1.807) is 6.92 Å². The molecule has 66 valence electrons. The third-order valence-electron chi connectivity index (χ3n) is 1.61. The molecule has 1 rings (SSSR count). The number of rotatable bonds is 2. The monoisotopic (exact) mass is 167 g/mol. The molecule has 4 heteroatoms. The Labute approximate surface area is 71.5 Å². The lowest BCUT2D eigenvalue weighted by atomic mass is 10.3. The molecule has 0 amide bonds. The fourth-order valence-electron chi connectivity index (χ4n) is 0.984. The van der Waals surface area contributed by atoms with Gasteiger partial charge in [-0.05, 0) is 13.3 Å². The van der Waals surface area contributed by atoms with Crippen LogP contribution < -0.4 is 5.73 Å². The fraction of sp³-hybridized carbons (Fsp3) is 0.500. The third kappa shape index (κ3) is 1.64. The standard InChI is InChI=1S/C8H13N3O/c1-3-4-6-10-5(2)7(12)8(9)11-6/h12H,3-4H2,1-2H3,(H2,9,10,11). The molecule has 0 aliphatic heterocycles. The van der Waals surface area contributed by atoms with Crippen molar-refractivity contribution in [3.05, 3.63) is 11.5 Å². The highest BCUT2D eigenvalue weighted by Crippen LogP contribution is 2.20. The normalized spacial score (nSPS) is 10.2. The Morgan fingerprint density at radius 1 is 1.42 bits per heavy atom.